The number of aliphatic hydroxyl groups excluding tert-OH is 1. The van der Waals surface area contributed by atoms with Crippen LogP contribution in [0.1, 0.15) is 27.0 Å². The third-order valence-electron chi connectivity index (χ3n) is 6.50. The molecule has 5 atom stereocenters. The number of ether oxygens (including phenoxy) is 2. The van der Waals surface area contributed by atoms with Crippen molar-refractivity contribution in [3.05, 3.63) is 75.3 Å². The largest absolute Gasteiger partial charge is 0.462 e. The average molecular weight is 651 g/mol. The lowest BCUT2D eigenvalue weighted by Gasteiger charge is -2.32. The molecule has 4 rings (SSSR count). The number of aromatic nitrogens is 2. The van der Waals surface area contributed by atoms with Crippen molar-refractivity contribution in [3.8, 4) is 5.75 Å². The lowest BCUT2D eigenvalue weighted by atomic mass is 9.96. The molecule has 44 heavy (non-hydrogen) atoms. The summed E-state index contributed by atoms with van der Waals surface area (Å²) in [7, 11) is -4.99. The van der Waals surface area contributed by atoms with Crippen LogP contribution >= 0.6 is 7.75 Å². The second-order valence-electron chi connectivity index (χ2n) is 10.2. The maximum absolute atomic E-state index is 15.2. The third kappa shape index (κ3) is 6.56. The molecule has 3 N–H and O–H groups in total. The summed E-state index contributed by atoms with van der Waals surface area (Å²) in [6.07, 6.45) is -11.1. The molecule has 2 heterocycles. The topological polar surface area (TPSA) is 158 Å². The number of halogens is 5. The van der Waals surface area contributed by atoms with Crippen LogP contribution in [0.15, 0.2) is 58.3 Å². The first-order chi connectivity index (χ1) is 20.5. The number of hydrogen-bond acceptors (Lipinski definition) is 9. The molecule has 0 radical (unpaired) electrons. The molecule has 1 saturated heterocycles. The highest BCUT2D eigenvalue weighted by Gasteiger charge is 2.71. The van der Waals surface area contributed by atoms with Crippen molar-refractivity contribution >= 4 is 24.5 Å². The summed E-state index contributed by atoms with van der Waals surface area (Å²) in [6, 6.07) is 9.68. The minimum atomic E-state index is -4.99. The molecule has 1 aromatic heterocycles. The van der Waals surface area contributed by atoms with Crippen LogP contribution in [-0.4, -0.2) is 63.4 Å². The van der Waals surface area contributed by atoms with E-state index in [9.17, 15) is 37.2 Å². The van der Waals surface area contributed by atoms with Crippen LogP contribution in [-0.2, 0) is 23.4 Å². The summed E-state index contributed by atoms with van der Waals surface area (Å²) in [5, 5.41) is 13.9. The molecule has 2 aromatic carbocycles. The first kappa shape index (κ1) is 33.3. The Morgan fingerprint density at radius 2 is 1.82 bits per heavy atom. The zero-order valence-corrected chi connectivity index (χ0v) is 24.1. The highest BCUT2D eigenvalue weighted by molar-refractivity contribution is 7.52. The first-order valence-electron chi connectivity index (χ1n) is 12.9. The zero-order chi connectivity index (χ0) is 32.6. The molecule has 5 unspecified atom stereocenters. The quantitative estimate of drug-likeness (QED) is 0.159. The van der Waals surface area contributed by atoms with E-state index in [4.69, 9.17) is 18.5 Å². The van der Waals surface area contributed by atoms with Gasteiger partial charge in [0.15, 0.2) is 11.7 Å². The van der Waals surface area contributed by atoms with Crippen LogP contribution in [0.4, 0.5) is 22.0 Å². The Morgan fingerprint density at radius 3 is 2.45 bits per heavy atom. The van der Waals surface area contributed by atoms with Gasteiger partial charge in [0.1, 0.15) is 11.8 Å². The molecule has 3 aromatic rings. The Morgan fingerprint density at radius 1 is 1.16 bits per heavy atom. The standard InChI is InChI=1S/C26H27F5N3O9P/c1-13(2)41-20(36)14(3)33-44(39,43-17-9-8-15-6-4-5-7-16(15)10-17)40-12-25(22(28)29)21(37)26(30,31)23(42-25)34-11-18(27)19(35)32-24(34)38/h4-11,13-14,21-23,37H,12H2,1-3H3,(H,33,39)(H,32,35,38). The van der Waals surface area contributed by atoms with Gasteiger partial charge < -0.3 is 19.1 Å². The van der Waals surface area contributed by atoms with Gasteiger partial charge in [-0.05, 0) is 43.7 Å². The fraction of sp³-hybridized carbons (Fsp3) is 0.423. The number of alkyl halides is 4. The van der Waals surface area contributed by atoms with Crippen LogP contribution in [0.5, 0.6) is 5.75 Å². The van der Waals surface area contributed by atoms with Gasteiger partial charge in [0.2, 0.25) is 12.0 Å². The Labute approximate surface area is 245 Å². The molecule has 18 heteroatoms. The molecule has 1 fully saturated rings. The maximum atomic E-state index is 15.2. The molecule has 0 spiro atoms. The van der Waals surface area contributed by atoms with Crippen molar-refractivity contribution in [2.24, 2.45) is 0 Å². The lowest BCUT2D eigenvalue weighted by molar-refractivity contribution is -0.193. The minimum Gasteiger partial charge on any atom is -0.462 e. The van der Waals surface area contributed by atoms with E-state index in [0.717, 1.165) is 5.39 Å². The van der Waals surface area contributed by atoms with Gasteiger partial charge >= 0.3 is 25.3 Å². The summed E-state index contributed by atoms with van der Waals surface area (Å²) < 4.78 is 107. The van der Waals surface area contributed by atoms with Crippen LogP contribution in [0, 0.1) is 5.82 Å². The molecule has 1 aliphatic heterocycles. The van der Waals surface area contributed by atoms with Gasteiger partial charge in [-0.25, -0.2) is 18.1 Å². The number of fused-ring (bicyclic) bond motifs is 1. The molecule has 240 valence electrons. The SMILES string of the molecule is CC(C)OC(=O)C(C)NP(=O)(OCC1(C(F)F)OC(n2cc(F)c(=O)[nH]c2=O)C(F)(F)C1O)Oc1ccc2ccccc2c1. The van der Waals surface area contributed by atoms with E-state index < -0.39 is 79.8 Å². The number of benzene rings is 2. The number of aromatic amines is 1. The number of esters is 1. The van der Waals surface area contributed by atoms with Crippen LogP contribution in [0.25, 0.3) is 10.8 Å². The maximum Gasteiger partial charge on any atom is 0.459 e. The molecule has 1 aliphatic rings. The van der Waals surface area contributed by atoms with Crippen molar-refractivity contribution in [2.45, 2.75) is 63.2 Å². The van der Waals surface area contributed by atoms with Crippen LogP contribution in [0.2, 0.25) is 0 Å². The average Bonchev–Trinajstić information content (AvgIpc) is 3.15. The fourth-order valence-corrected chi connectivity index (χ4v) is 5.82. The van der Waals surface area contributed by atoms with Gasteiger partial charge in [0, 0.05) is 0 Å². The van der Waals surface area contributed by atoms with Gasteiger partial charge in [-0.3, -0.25) is 23.7 Å². The summed E-state index contributed by atoms with van der Waals surface area (Å²) in [6.45, 7) is 2.46. The zero-order valence-electron chi connectivity index (χ0n) is 23.2. The summed E-state index contributed by atoms with van der Waals surface area (Å²) in [4.78, 5) is 37.3. The molecule has 0 amide bonds. The van der Waals surface area contributed by atoms with E-state index in [1.165, 1.54) is 37.9 Å². The van der Waals surface area contributed by atoms with Crippen molar-refractivity contribution < 1.29 is 54.9 Å². The van der Waals surface area contributed by atoms with Crippen molar-refractivity contribution in [3.63, 3.8) is 0 Å². The van der Waals surface area contributed by atoms with Gasteiger partial charge in [-0.15, -0.1) is 0 Å². The normalized spacial score (nSPS) is 23.5. The molecule has 0 bridgehead atoms. The van der Waals surface area contributed by atoms with E-state index in [2.05, 4.69) is 5.09 Å². The first-order valence-corrected chi connectivity index (χ1v) is 14.5. The Hall–Kier alpha value is -3.63. The van der Waals surface area contributed by atoms with Crippen molar-refractivity contribution in [2.75, 3.05) is 6.61 Å². The van der Waals surface area contributed by atoms with E-state index >= 15 is 8.78 Å². The molecular weight excluding hydrogens is 624 g/mol. The number of aliphatic hydroxyl groups is 1. The Balaban J connectivity index is 1.70. The summed E-state index contributed by atoms with van der Waals surface area (Å²) >= 11 is 0. The van der Waals surface area contributed by atoms with Gasteiger partial charge in [0.05, 0.1) is 18.9 Å². The third-order valence-corrected chi connectivity index (χ3v) is 8.12. The van der Waals surface area contributed by atoms with Gasteiger partial charge in [0.25, 0.3) is 12.0 Å². The second-order valence-corrected chi connectivity index (χ2v) is 11.8. The summed E-state index contributed by atoms with van der Waals surface area (Å²) in [5.41, 5.74) is -6.94. The van der Waals surface area contributed by atoms with Crippen molar-refractivity contribution in [1.29, 1.82) is 0 Å². The van der Waals surface area contributed by atoms with E-state index in [1.807, 2.05) is 0 Å². The number of nitrogens with one attached hydrogen (secondary N) is 2. The highest BCUT2D eigenvalue weighted by atomic mass is 31.2. The van der Waals surface area contributed by atoms with E-state index in [0.29, 0.717) is 5.39 Å². The Kier molecular flexibility index (Phi) is 9.38. The van der Waals surface area contributed by atoms with Crippen LogP contribution in [0.3, 0.4) is 0 Å². The number of carbonyl (C=O) groups is 1. The number of H-pyrrole nitrogens is 1. The number of nitrogens with zero attached hydrogens (tertiary/aromatic N) is 1. The van der Waals surface area contributed by atoms with Crippen LogP contribution < -0.4 is 20.9 Å². The lowest BCUT2D eigenvalue weighted by Crippen LogP contribution is -2.54. The monoisotopic (exact) mass is 651 g/mol. The Bertz CT molecular complexity index is 1700. The predicted molar refractivity (Wildman–Crippen MR) is 143 cm³/mol. The van der Waals surface area contributed by atoms with Gasteiger partial charge in [-0.1, -0.05) is 30.3 Å². The fourth-order valence-electron chi connectivity index (χ4n) is 4.30. The highest BCUT2D eigenvalue weighted by Crippen LogP contribution is 2.53. The molecule has 0 aliphatic carbocycles. The van der Waals surface area contributed by atoms with Crippen molar-refractivity contribution in [1.82, 2.24) is 14.6 Å². The predicted octanol–water partition coefficient (Wildman–Crippen LogP) is 3.49. The minimum absolute atomic E-state index is 0.00777. The summed E-state index contributed by atoms with van der Waals surface area (Å²) in [5.74, 6) is -7.55. The number of hydrogen-bond donors (Lipinski definition) is 3. The number of carbonyl (C=O) groups excluding carboxylic acids is 1. The second kappa shape index (κ2) is 12.4. The molecular formula is C26H27F5N3O9P. The van der Waals surface area contributed by atoms with E-state index in [-0.39, 0.29) is 16.5 Å². The van der Waals surface area contributed by atoms with E-state index in [1.54, 1.807) is 30.3 Å². The van der Waals surface area contributed by atoms with Gasteiger partial charge in [-0.2, -0.15) is 18.3 Å². The molecule has 12 nitrogen and oxygen atoms in total. The smallest absolute Gasteiger partial charge is 0.459 e. The molecule has 0 saturated carbocycles. The number of rotatable bonds is 11.